The first-order chi connectivity index (χ1) is 10.6. The second-order valence-electron chi connectivity index (χ2n) is 10.9. The smallest absolute Gasteiger partial charge is 0.119 e. The molecule has 0 aliphatic carbocycles. The topological polar surface area (TPSA) is 20.2 Å². The van der Waals surface area contributed by atoms with Gasteiger partial charge in [-0.05, 0) is 51.7 Å². The lowest BCUT2D eigenvalue weighted by Crippen LogP contribution is -2.28. The molecule has 1 aromatic carbocycles. The molecule has 0 radical (unpaired) electrons. The first-order valence-electron chi connectivity index (χ1n) is 9.44. The van der Waals surface area contributed by atoms with E-state index in [-0.39, 0.29) is 16.2 Å². The van der Waals surface area contributed by atoms with E-state index in [1.54, 1.807) is 0 Å². The summed E-state index contributed by atoms with van der Waals surface area (Å²) in [4.78, 5) is 0. The van der Waals surface area contributed by atoms with Crippen molar-refractivity contribution in [1.82, 2.24) is 0 Å². The molecule has 1 nitrogen and oxygen atoms in total. The van der Waals surface area contributed by atoms with Gasteiger partial charge in [0.25, 0.3) is 0 Å². The molecule has 0 saturated heterocycles. The number of hydrogen-bond donors (Lipinski definition) is 1. The van der Waals surface area contributed by atoms with E-state index in [4.69, 9.17) is 0 Å². The highest BCUT2D eigenvalue weighted by atomic mass is 16.3. The third-order valence-electron chi connectivity index (χ3n) is 5.36. The lowest BCUT2D eigenvalue weighted by atomic mass is 9.68. The van der Waals surface area contributed by atoms with Crippen molar-refractivity contribution in [3.63, 3.8) is 0 Å². The van der Waals surface area contributed by atoms with Crippen molar-refractivity contribution < 1.29 is 5.11 Å². The van der Waals surface area contributed by atoms with Gasteiger partial charge >= 0.3 is 0 Å². The van der Waals surface area contributed by atoms with Crippen LogP contribution in [-0.2, 0) is 10.8 Å². The molecule has 0 spiro atoms. The normalized spacial score (nSPS) is 14.1. The SMILES string of the molecule is CCC(C)(C)CC(C)(C)c1ccc(O)c(C(C)(C)CC(C)(C)C)c1. The summed E-state index contributed by atoms with van der Waals surface area (Å²) < 4.78 is 0. The number of phenolic OH excluding ortho intramolecular Hbond substituents is 1. The molecule has 0 fully saturated rings. The summed E-state index contributed by atoms with van der Waals surface area (Å²) in [5.41, 5.74) is 3.01. The summed E-state index contributed by atoms with van der Waals surface area (Å²) in [6.45, 7) is 22.9. The minimum absolute atomic E-state index is 0.0469. The predicted octanol–water partition coefficient (Wildman–Crippen LogP) is 7.21. The van der Waals surface area contributed by atoms with Gasteiger partial charge in [0.05, 0.1) is 0 Å². The maximum atomic E-state index is 10.5. The average Bonchev–Trinajstić information content (AvgIpc) is 2.34. The van der Waals surface area contributed by atoms with E-state index in [2.05, 4.69) is 81.4 Å². The van der Waals surface area contributed by atoms with Gasteiger partial charge in [-0.2, -0.15) is 0 Å². The Kier molecular flexibility index (Phi) is 5.91. The Balaban J connectivity index is 3.27. The summed E-state index contributed by atoms with van der Waals surface area (Å²) in [5.74, 6) is 0.429. The van der Waals surface area contributed by atoms with Crippen molar-refractivity contribution in [2.75, 3.05) is 0 Å². The zero-order valence-corrected chi connectivity index (χ0v) is 17.8. The van der Waals surface area contributed by atoms with Crippen LogP contribution in [0.5, 0.6) is 5.75 Å². The van der Waals surface area contributed by atoms with Crippen molar-refractivity contribution >= 4 is 0 Å². The molecule has 0 atom stereocenters. The molecule has 0 aromatic heterocycles. The lowest BCUT2D eigenvalue weighted by Gasteiger charge is -2.37. The molecular weight excluding hydrogens is 292 g/mol. The maximum absolute atomic E-state index is 10.5. The molecular formula is C23H40O. The fourth-order valence-corrected chi connectivity index (χ4v) is 4.34. The van der Waals surface area contributed by atoms with Crippen molar-refractivity contribution in [2.45, 2.75) is 99.3 Å². The van der Waals surface area contributed by atoms with Gasteiger partial charge in [-0.15, -0.1) is 0 Å². The van der Waals surface area contributed by atoms with Crippen LogP contribution in [-0.4, -0.2) is 5.11 Å². The quantitative estimate of drug-likeness (QED) is 0.583. The highest BCUT2D eigenvalue weighted by Gasteiger charge is 2.33. The van der Waals surface area contributed by atoms with E-state index >= 15 is 0 Å². The Morgan fingerprint density at radius 3 is 1.79 bits per heavy atom. The molecule has 1 heteroatoms. The third kappa shape index (κ3) is 5.53. The van der Waals surface area contributed by atoms with Crippen LogP contribution in [0.2, 0.25) is 0 Å². The van der Waals surface area contributed by atoms with Gasteiger partial charge in [-0.3, -0.25) is 0 Å². The second-order valence-corrected chi connectivity index (χ2v) is 10.9. The zero-order valence-electron chi connectivity index (χ0n) is 17.8. The predicted molar refractivity (Wildman–Crippen MR) is 107 cm³/mol. The van der Waals surface area contributed by atoms with Crippen LogP contribution < -0.4 is 0 Å². The summed E-state index contributed by atoms with van der Waals surface area (Å²) in [6, 6.07) is 6.26. The fraction of sp³-hybridized carbons (Fsp3) is 0.739. The molecule has 138 valence electrons. The maximum Gasteiger partial charge on any atom is 0.119 e. The molecule has 0 saturated carbocycles. The van der Waals surface area contributed by atoms with Crippen LogP contribution in [0.15, 0.2) is 18.2 Å². The van der Waals surface area contributed by atoms with Crippen molar-refractivity contribution in [1.29, 1.82) is 0 Å². The van der Waals surface area contributed by atoms with E-state index < -0.39 is 0 Å². The number of aromatic hydroxyl groups is 1. The van der Waals surface area contributed by atoms with Gasteiger partial charge in [-0.25, -0.2) is 0 Å². The van der Waals surface area contributed by atoms with E-state index in [1.807, 2.05) is 6.07 Å². The van der Waals surface area contributed by atoms with Gasteiger partial charge in [0.1, 0.15) is 5.75 Å². The van der Waals surface area contributed by atoms with Crippen molar-refractivity contribution in [3.05, 3.63) is 29.3 Å². The first-order valence-corrected chi connectivity index (χ1v) is 9.44. The standard InChI is InChI=1S/C23H40O/c1-11-21(5,6)16-22(7,8)17-12-13-19(24)18(14-17)23(9,10)15-20(2,3)4/h12-14,24H,11,15-16H2,1-10H3. The van der Waals surface area contributed by atoms with Crippen LogP contribution in [0.25, 0.3) is 0 Å². The van der Waals surface area contributed by atoms with Crippen molar-refractivity contribution in [2.24, 2.45) is 10.8 Å². The van der Waals surface area contributed by atoms with Gasteiger partial charge in [0.15, 0.2) is 0 Å². The summed E-state index contributed by atoms with van der Waals surface area (Å²) >= 11 is 0. The zero-order chi connectivity index (χ0) is 19.0. The van der Waals surface area contributed by atoms with Gasteiger partial charge in [-0.1, -0.05) is 87.8 Å². The Morgan fingerprint density at radius 2 is 1.33 bits per heavy atom. The lowest BCUT2D eigenvalue weighted by molar-refractivity contribution is 0.247. The van der Waals surface area contributed by atoms with Crippen LogP contribution in [0.3, 0.4) is 0 Å². The van der Waals surface area contributed by atoms with E-state index in [0.29, 0.717) is 11.2 Å². The molecule has 0 aliphatic rings. The molecule has 0 heterocycles. The molecule has 0 unspecified atom stereocenters. The highest BCUT2D eigenvalue weighted by molar-refractivity contribution is 5.43. The number of rotatable bonds is 6. The molecule has 0 aliphatic heterocycles. The second kappa shape index (κ2) is 6.73. The van der Waals surface area contributed by atoms with Gasteiger partial charge < -0.3 is 5.11 Å². The third-order valence-corrected chi connectivity index (χ3v) is 5.36. The van der Waals surface area contributed by atoms with Gasteiger partial charge in [0, 0.05) is 0 Å². The first kappa shape index (κ1) is 21.1. The van der Waals surface area contributed by atoms with Crippen LogP contribution in [0.4, 0.5) is 0 Å². The van der Waals surface area contributed by atoms with Gasteiger partial charge in [0.2, 0.25) is 0 Å². The molecule has 0 amide bonds. The Labute approximate surface area is 150 Å². The Morgan fingerprint density at radius 1 is 0.792 bits per heavy atom. The molecule has 1 N–H and O–H groups in total. The number of phenols is 1. The van der Waals surface area contributed by atoms with E-state index in [9.17, 15) is 5.11 Å². The Bertz CT molecular complexity index is 556. The summed E-state index contributed by atoms with van der Waals surface area (Å²) in [7, 11) is 0. The summed E-state index contributed by atoms with van der Waals surface area (Å²) in [5, 5.41) is 10.5. The molecule has 1 aromatic rings. The average molecular weight is 333 g/mol. The van der Waals surface area contributed by atoms with Crippen molar-refractivity contribution in [3.8, 4) is 5.75 Å². The fourth-order valence-electron chi connectivity index (χ4n) is 4.34. The van der Waals surface area contributed by atoms with E-state index in [0.717, 1.165) is 18.4 Å². The van der Waals surface area contributed by atoms with Crippen LogP contribution in [0, 0.1) is 10.8 Å². The van der Waals surface area contributed by atoms with E-state index in [1.165, 1.54) is 12.0 Å². The minimum Gasteiger partial charge on any atom is -0.508 e. The number of hydrogen-bond acceptors (Lipinski definition) is 1. The monoisotopic (exact) mass is 332 g/mol. The van der Waals surface area contributed by atoms with Crippen LogP contribution >= 0.6 is 0 Å². The molecule has 24 heavy (non-hydrogen) atoms. The highest BCUT2D eigenvalue weighted by Crippen LogP contribution is 2.44. The molecule has 0 bridgehead atoms. The number of benzene rings is 1. The summed E-state index contributed by atoms with van der Waals surface area (Å²) in [6.07, 6.45) is 3.36. The van der Waals surface area contributed by atoms with Crippen LogP contribution in [0.1, 0.15) is 99.6 Å². The molecule has 1 rings (SSSR count). The minimum atomic E-state index is -0.0469. The largest absolute Gasteiger partial charge is 0.508 e. The Hall–Kier alpha value is -0.980.